The molecule has 0 saturated carbocycles. The average Bonchev–Trinajstić information content (AvgIpc) is 3.44. The summed E-state index contributed by atoms with van der Waals surface area (Å²) in [7, 11) is 0. The van der Waals surface area contributed by atoms with Gasteiger partial charge in [-0.15, -0.1) is 11.3 Å². The van der Waals surface area contributed by atoms with Crippen LogP contribution in [0.5, 0.6) is 5.75 Å². The molecule has 0 bridgehead atoms. The number of rotatable bonds is 8. The van der Waals surface area contributed by atoms with Crippen molar-refractivity contribution >= 4 is 17.2 Å². The van der Waals surface area contributed by atoms with Gasteiger partial charge in [-0.1, -0.05) is 17.3 Å². The molecule has 1 aliphatic carbocycles. The minimum absolute atomic E-state index is 0.0524. The van der Waals surface area contributed by atoms with Gasteiger partial charge < -0.3 is 14.6 Å². The number of aromatic nitrogens is 2. The van der Waals surface area contributed by atoms with Gasteiger partial charge in [0.15, 0.2) is 0 Å². The molecule has 6 nitrogen and oxygen atoms in total. The van der Waals surface area contributed by atoms with Gasteiger partial charge in [-0.25, -0.2) is 0 Å². The van der Waals surface area contributed by atoms with Crippen LogP contribution in [0.3, 0.4) is 0 Å². The number of nitrogens with one attached hydrogen (secondary N) is 1. The third kappa shape index (κ3) is 4.54. The maximum Gasteiger partial charge on any atom is 0.227 e. The van der Waals surface area contributed by atoms with E-state index in [-0.39, 0.29) is 5.91 Å². The van der Waals surface area contributed by atoms with Crippen LogP contribution in [0.1, 0.15) is 29.9 Å². The van der Waals surface area contributed by atoms with Crippen LogP contribution in [-0.2, 0) is 24.1 Å². The van der Waals surface area contributed by atoms with Gasteiger partial charge in [0.05, 0.1) is 11.4 Å². The highest BCUT2D eigenvalue weighted by Gasteiger charge is 2.12. The van der Waals surface area contributed by atoms with Crippen molar-refractivity contribution in [1.82, 2.24) is 15.5 Å². The molecule has 0 saturated heterocycles. The van der Waals surface area contributed by atoms with E-state index in [1.165, 1.54) is 24.0 Å². The SMILES string of the molecule is O=C(CCc1nc(-c2cccs2)no1)NCCOc1ccc2c(c1)CCC2. The summed E-state index contributed by atoms with van der Waals surface area (Å²) in [6, 6.07) is 10.1. The molecule has 0 aliphatic heterocycles. The number of hydrogen-bond acceptors (Lipinski definition) is 6. The van der Waals surface area contributed by atoms with Crippen molar-refractivity contribution in [2.45, 2.75) is 32.1 Å². The summed E-state index contributed by atoms with van der Waals surface area (Å²) >= 11 is 1.55. The van der Waals surface area contributed by atoms with Crippen molar-refractivity contribution < 1.29 is 14.1 Å². The Kier molecular flexibility index (Phi) is 5.48. The topological polar surface area (TPSA) is 77.2 Å². The predicted octanol–water partition coefficient (Wildman–Crippen LogP) is 3.41. The first-order valence-corrected chi connectivity index (χ1v) is 10.0. The number of amides is 1. The van der Waals surface area contributed by atoms with E-state index in [0.717, 1.165) is 17.0 Å². The fourth-order valence-electron chi connectivity index (χ4n) is 3.17. The van der Waals surface area contributed by atoms with E-state index >= 15 is 0 Å². The Morgan fingerprint density at radius 3 is 3.07 bits per heavy atom. The number of ether oxygens (including phenoxy) is 1. The van der Waals surface area contributed by atoms with E-state index in [1.54, 1.807) is 11.3 Å². The van der Waals surface area contributed by atoms with Gasteiger partial charge in [0.1, 0.15) is 12.4 Å². The van der Waals surface area contributed by atoms with Crippen LogP contribution in [0.15, 0.2) is 40.2 Å². The molecule has 0 unspecified atom stereocenters. The quantitative estimate of drug-likeness (QED) is 0.603. The zero-order valence-corrected chi connectivity index (χ0v) is 15.8. The van der Waals surface area contributed by atoms with E-state index < -0.39 is 0 Å². The number of benzene rings is 1. The fourth-order valence-corrected chi connectivity index (χ4v) is 3.82. The second kappa shape index (κ2) is 8.35. The van der Waals surface area contributed by atoms with E-state index in [1.807, 2.05) is 23.6 Å². The third-order valence-corrected chi connectivity index (χ3v) is 5.40. The molecular weight excluding hydrogens is 362 g/mol. The monoisotopic (exact) mass is 383 g/mol. The molecule has 0 atom stereocenters. The van der Waals surface area contributed by atoms with E-state index in [4.69, 9.17) is 9.26 Å². The summed E-state index contributed by atoms with van der Waals surface area (Å²) in [5.41, 5.74) is 2.82. The van der Waals surface area contributed by atoms with Crippen molar-refractivity contribution in [3.8, 4) is 16.5 Å². The fraction of sp³-hybridized carbons (Fsp3) is 0.350. The lowest BCUT2D eigenvalue weighted by Crippen LogP contribution is -2.28. The smallest absolute Gasteiger partial charge is 0.227 e. The molecule has 1 aromatic carbocycles. The van der Waals surface area contributed by atoms with Crippen LogP contribution >= 0.6 is 11.3 Å². The first kappa shape index (κ1) is 17.7. The molecule has 0 spiro atoms. The van der Waals surface area contributed by atoms with Crippen molar-refractivity contribution in [2.24, 2.45) is 0 Å². The van der Waals surface area contributed by atoms with Gasteiger partial charge >= 0.3 is 0 Å². The summed E-state index contributed by atoms with van der Waals surface area (Å²) in [6.07, 6.45) is 4.26. The Hall–Kier alpha value is -2.67. The van der Waals surface area contributed by atoms with Gasteiger partial charge in [-0.05, 0) is 54.0 Å². The highest BCUT2D eigenvalue weighted by molar-refractivity contribution is 7.13. The third-order valence-electron chi connectivity index (χ3n) is 4.54. The lowest BCUT2D eigenvalue weighted by Gasteiger charge is -2.09. The molecule has 140 valence electrons. The van der Waals surface area contributed by atoms with Gasteiger partial charge in [0.25, 0.3) is 0 Å². The number of nitrogens with zero attached hydrogens (tertiary/aromatic N) is 2. The van der Waals surface area contributed by atoms with Gasteiger partial charge in [-0.2, -0.15) is 4.98 Å². The number of carbonyl (C=O) groups excluding carboxylic acids is 1. The highest BCUT2D eigenvalue weighted by atomic mass is 32.1. The summed E-state index contributed by atoms with van der Waals surface area (Å²) in [4.78, 5) is 17.2. The molecule has 1 aliphatic rings. The first-order chi connectivity index (χ1) is 13.3. The van der Waals surface area contributed by atoms with E-state index in [9.17, 15) is 4.79 Å². The predicted molar refractivity (Wildman–Crippen MR) is 103 cm³/mol. The van der Waals surface area contributed by atoms with Crippen LogP contribution in [0.25, 0.3) is 10.7 Å². The van der Waals surface area contributed by atoms with Crippen LogP contribution in [-0.4, -0.2) is 29.2 Å². The molecule has 1 amide bonds. The Balaban J connectivity index is 1.16. The standard InChI is InChI=1S/C20H21N3O3S/c24-18(8-9-19-22-20(23-26-19)17-5-2-12-27-17)21-10-11-25-16-7-6-14-3-1-4-15(14)13-16/h2,5-7,12-13H,1,3-4,8-11H2,(H,21,24). The summed E-state index contributed by atoms with van der Waals surface area (Å²) in [5, 5.41) is 8.76. The molecular formula is C20H21N3O3S. The second-order valence-electron chi connectivity index (χ2n) is 6.47. The average molecular weight is 383 g/mol. The molecule has 4 rings (SSSR count). The summed E-state index contributed by atoms with van der Waals surface area (Å²) in [5.74, 6) is 1.87. The minimum Gasteiger partial charge on any atom is -0.492 e. The van der Waals surface area contributed by atoms with Crippen LogP contribution in [0, 0.1) is 0 Å². The molecule has 1 N–H and O–H groups in total. The maximum atomic E-state index is 12.0. The Bertz CT molecular complexity index is 905. The molecule has 0 fully saturated rings. The Morgan fingerprint density at radius 1 is 1.26 bits per heavy atom. The van der Waals surface area contributed by atoms with E-state index in [2.05, 4.69) is 27.6 Å². The van der Waals surface area contributed by atoms with Crippen LogP contribution in [0.2, 0.25) is 0 Å². The van der Waals surface area contributed by atoms with Crippen molar-refractivity contribution in [2.75, 3.05) is 13.2 Å². The lowest BCUT2D eigenvalue weighted by molar-refractivity contribution is -0.121. The molecule has 7 heteroatoms. The summed E-state index contributed by atoms with van der Waals surface area (Å²) < 4.78 is 10.9. The zero-order valence-electron chi connectivity index (χ0n) is 14.9. The molecule has 27 heavy (non-hydrogen) atoms. The van der Waals surface area contributed by atoms with Crippen molar-refractivity contribution in [3.05, 3.63) is 52.7 Å². The van der Waals surface area contributed by atoms with Gasteiger partial charge in [0, 0.05) is 12.8 Å². The van der Waals surface area contributed by atoms with E-state index in [0.29, 0.717) is 37.7 Å². The van der Waals surface area contributed by atoms with Crippen molar-refractivity contribution in [1.29, 1.82) is 0 Å². The maximum absolute atomic E-state index is 12.0. The lowest BCUT2D eigenvalue weighted by atomic mass is 10.1. The molecule has 2 aromatic heterocycles. The first-order valence-electron chi connectivity index (χ1n) is 9.16. The zero-order chi connectivity index (χ0) is 18.5. The number of fused-ring (bicyclic) bond motifs is 1. The molecule has 3 aromatic rings. The highest BCUT2D eigenvalue weighted by Crippen LogP contribution is 2.26. The second-order valence-corrected chi connectivity index (χ2v) is 7.42. The molecule has 2 heterocycles. The van der Waals surface area contributed by atoms with Gasteiger partial charge in [0.2, 0.25) is 17.6 Å². The number of aryl methyl sites for hydroxylation is 3. The molecule has 0 radical (unpaired) electrons. The largest absolute Gasteiger partial charge is 0.492 e. The van der Waals surface area contributed by atoms with Crippen LogP contribution < -0.4 is 10.1 Å². The Morgan fingerprint density at radius 2 is 2.19 bits per heavy atom. The van der Waals surface area contributed by atoms with Crippen LogP contribution in [0.4, 0.5) is 0 Å². The van der Waals surface area contributed by atoms with Crippen molar-refractivity contribution in [3.63, 3.8) is 0 Å². The minimum atomic E-state index is -0.0524. The number of carbonyl (C=O) groups is 1. The summed E-state index contributed by atoms with van der Waals surface area (Å²) in [6.45, 7) is 0.924. The number of hydrogen-bond donors (Lipinski definition) is 1. The van der Waals surface area contributed by atoms with Gasteiger partial charge in [-0.3, -0.25) is 4.79 Å². The normalized spacial score (nSPS) is 12.7. The Labute approximate surface area is 161 Å². The number of thiophene rings is 1.